The number of aliphatic hydroxyl groups is 5. The number of phosphoric ester groups is 1. The van der Waals surface area contributed by atoms with E-state index in [1.165, 1.54) is 89.9 Å². The molecular weight excluding hydrogens is 824 g/mol. The number of hydrogen-bond acceptors (Lipinski definition) is 11. The maximum Gasteiger partial charge on any atom is 0.472 e. The lowest BCUT2D eigenvalue weighted by Gasteiger charge is -2.41. The summed E-state index contributed by atoms with van der Waals surface area (Å²) in [5, 5.41) is 50.2. The molecule has 6 atom stereocenters. The van der Waals surface area contributed by atoms with E-state index in [4.69, 9.17) is 18.5 Å². The van der Waals surface area contributed by atoms with Crippen molar-refractivity contribution in [3.63, 3.8) is 0 Å². The second-order valence-corrected chi connectivity index (χ2v) is 18.7. The number of carbonyl (C=O) groups is 1. The Bertz CT molecular complexity index is 1230. The van der Waals surface area contributed by atoms with E-state index in [0.717, 1.165) is 83.5 Å². The lowest BCUT2D eigenvalue weighted by molar-refractivity contribution is -0.220. The minimum Gasteiger partial charge on any atom is -0.457 e. The van der Waals surface area contributed by atoms with Gasteiger partial charge in [-0.25, -0.2) is 4.57 Å². The average Bonchev–Trinajstić information content (AvgIpc) is 3.27. The van der Waals surface area contributed by atoms with Gasteiger partial charge in [0.2, 0.25) is 0 Å². The SMILES string of the molecule is CCCCCCC/C=C\C/C=C\C/C=C\CCCCCCCCC(=O)OC(COCCCCCCCC/C=C\CCCCCCC)COP(=O)(O)OC1C(O)C(O)C(O)C(O)C1O. The van der Waals surface area contributed by atoms with E-state index in [2.05, 4.69) is 62.5 Å². The minimum atomic E-state index is -5.03. The van der Waals surface area contributed by atoms with Crippen LogP contribution < -0.4 is 0 Å². The Balaban J connectivity index is 2.37. The zero-order valence-electron chi connectivity index (χ0n) is 39.4. The third kappa shape index (κ3) is 32.6. The molecule has 0 aromatic carbocycles. The molecule has 0 aromatic heterocycles. The largest absolute Gasteiger partial charge is 0.472 e. The molecule has 13 heteroatoms. The fraction of sp³-hybridized carbons (Fsp3) is 0.820. The first kappa shape index (κ1) is 59.3. The Labute approximate surface area is 382 Å². The monoisotopic (exact) mass is 915 g/mol. The number of aliphatic hydroxyl groups excluding tert-OH is 5. The van der Waals surface area contributed by atoms with Crippen molar-refractivity contribution in [3.8, 4) is 0 Å². The van der Waals surface area contributed by atoms with Crippen LogP contribution in [-0.2, 0) is 27.9 Å². The van der Waals surface area contributed by atoms with Crippen LogP contribution in [0.3, 0.4) is 0 Å². The molecule has 368 valence electrons. The van der Waals surface area contributed by atoms with Crippen LogP contribution in [0.1, 0.15) is 200 Å². The maximum absolute atomic E-state index is 12.8. The highest BCUT2D eigenvalue weighted by molar-refractivity contribution is 7.47. The van der Waals surface area contributed by atoms with Crippen molar-refractivity contribution in [1.29, 1.82) is 0 Å². The van der Waals surface area contributed by atoms with Gasteiger partial charge in [-0.3, -0.25) is 13.8 Å². The number of phosphoric acid groups is 1. The third-order valence-electron chi connectivity index (χ3n) is 11.4. The molecule has 0 spiro atoms. The molecule has 1 rings (SSSR count). The topological polar surface area (TPSA) is 192 Å². The molecule has 1 fully saturated rings. The second kappa shape index (κ2) is 40.6. The van der Waals surface area contributed by atoms with Gasteiger partial charge in [-0.15, -0.1) is 0 Å². The summed E-state index contributed by atoms with van der Waals surface area (Å²) in [5.41, 5.74) is 0. The summed E-state index contributed by atoms with van der Waals surface area (Å²) in [5.74, 6) is -0.492. The first-order valence-corrected chi connectivity index (χ1v) is 26.5. The van der Waals surface area contributed by atoms with Gasteiger partial charge in [0.1, 0.15) is 42.7 Å². The highest BCUT2D eigenvalue weighted by Crippen LogP contribution is 2.47. The molecule has 0 aromatic rings. The number of allylic oxidation sites excluding steroid dienone is 8. The lowest BCUT2D eigenvalue weighted by atomic mass is 9.85. The van der Waals surface area contributed by atoms with Crippen molar-refractivity contribution in [3.05, 3.63) is 48.6 Å². The van der Waals surface area contributed by atoms with Gasteiger partial charge in [0.15, 0.2) is 0 Å². The molecule has 1 saturated carbocycles. The smallest absolute Gasteiger partial charge is 0.457 e. The normalized spacial score (nSPS) is 22.2. The molecule has 0 saturated heterocycles. The summed E-state index contributed by atoms with van der Waals surface area (Å²) >= 11 is 0. The fourth-order valence-corrected chi connectivity index (χ4v) is 8.39. The lowest BCUT2D eigenvalue weighted by Crippen LogP contribution is -2.64. The van der Waals surface area contributed by atoms with Crippen LogP contribution in [0.4, 0.5) is 0 Å². The Kier molecular flexibility index (Phi) is 38.2. The number of ether oxygens (including phenoxy) is 2. The Hall–Kier alpha value is -1.70. The van der Waals surface area contributed by atoms with Gasteiger partial charge in [0.25, 0.3) is 0 Å². The molecule has 0 heterocycles. The van der Waals surface area contributed by atoms with Gasteiger partial charge in [-0.2, -0.15) is 0 Å². The summed E-state index contributed by atoms with van der Waals surface area (Å²) in [6, 6.07) is 0. The van der Waals surface area contributed by atoms with E-state index in [1.54, 1.807) is 0 Å². The maximum atomic E-state index is 12.8. The second-order valence-electron chi connectivity index (χ2n) is 17.3. The molecule has 0 bridgehead atoms. The van der Waals surface area contributed by atoms with Crippen LogP contribution in [-0.4, -0.2) is 98.9 Å². The molecule has 0 aliphatic heterocycles. The van der Waals surface area contributed by atoms with E-state index >= 15 is 0 Å². The van der Waals surface area contributed by atoms with Gasteiger partial charge in [-0.05, 0) is 77.0 Å². The predicted molar refractivity (Wildman–Crippen MR) is 253 cm³/mol. The standard InChI is InChI=1S/C50H91O12P/c1-3-5-7-9-11-13-15-17-19-20-21-22-23-24-25-27-29-31-33-35-37-39-44(51)61-43(42-60-63(57,58)62-50-48(55)46(53)45(52)47(54)49(50)56)41-59-40-38-36-34-32-30-28-26-18-16-14-12-10-8-6-4-2/h15-18,20-21,23-24,43,45-50,52-56H,3-14,19,22,25-42H2,1-2H3,(H,57,58)/b17-15-,18-16-,21-20-,24-23-. The van der Waals surface area contributed by atoms with Gasteiger partial charge >= 0.3 is 13.8 Å². The summed E-state index contributed by atoms with van der Waals surface area (Å²) in [7, 11) is -5.03. The molecule has 1 aliphatic rings. The molecule has 0 radical (unpaired) electrons. The summed E-state index contributed by atoms with van der Waals surface area (Å²) < 4.78 is 34.2. The highest BCUT2D eigenvalue weighted by Gasteiger charge is 2.51. The molecule has 1 aliphatic carbocycles. The first-order chi connectivity index (χ1) is 30.5. The van der Waals surface area contributed by atoms with Crippen molar-refractivity contribution in [2.45, 2.75) is 243 Å². The van der Waals surface area contributed by atoms with Crippen LogP contribution >= 0.6 is 7.82 Å². The number of carbonyl (C=O) groups excluding carboxylic acids is 1. The zero-order valence-corrected chi connectivity index (χ0v) is 40.3. The highest BCUT2D eigenvalue weighted by atomic mass is 31.2. The van der Waals surface area contributed by atoms with Gasteiger partial charge in [0, 0.05) is 13.0 Å². The van der Waals surface area contributed by atoms with Gasteiger partial charge in [0.05, 0.1) is 13.2 Å². The zero-order chi connectivity index (χ0) is 46.2. The summed E-state index contributed by atoms with van der Waals surface area (Å²) in [4.78, 5) is 23.2. The van der Waals surface area contributed by atoms with Crippen molar-refractivity contribution in [2.75, 3.05) is 19.8 Å². The van der Waals surface area contributed by atoms with E-state index in [1.807, 2.05) is 0 Å². The third-order valence-corrected chi connectivity index (χ3v) is 12.4. The molecule has 63 heavy (non-hydrogen) atoms. The summed E-state index contributed by atoms with van der Waals surface area (Å²) in [6.45, 7) is 4.22. The van der Waals surface area contributed by atoms with Crippen LogP contribution in [0.15, 0.2) is 48.6 Å². The summed E-state index contributed by atoms with van der Waals surface area (Å²) in [6.07, 6.45) is 37.4. The van der Waals surface area contributed by atoms with Crippen molar-refractivity contribution < 1.29 is 58.3 Å². The van der Waals surface area contributed by atoms with E-state index < -0.39 is 63.1 Å². The molecule has 6 unspecified atom stereocenters. The quantitative estimate of drug-likeness (QED) is 0.0147. The van der Waals surface area contributed by atoms with E-state index in [0.29, 0.717) is 13.0 Å². The van der Waals surface area contributed by atoms with Gasteiger partial charge < -0.3 is 39.9 Å². The van der Waals surface area contributed by atoms with Crippen LogP contribution in [0.2, 0.25) is 0 Å². The van der Waals surface area contributed by atoms with Gasteiger partial charge in [-0.1, -0.05) is 165 Å². The Morgan fingerprint density at radius 3 is 1.37 bits per heavy atom. The Morgan fingerprint density at radius 1 is 0.508 bits per heavy atom. The van der Waals surface area contributed by atoms with Crippen molar-refractivity contribution in [1.82, 2.24) is 0 Å². The van der Waals surface area contributed by atoms with E-state index in [-0.39, 0.29) is 13.0 Å². The predicted octanol–water partition coefficient (Wildman–Crippen LogP) is 10.8. The average molecular weight is 915 g/mol. The molecular formula is C50H91O12P. The van der Waals surface area contributed by atoms with Crippen LogP contribution in [0.25, 0.3) is 0 Å². The van der Waals surface area contributed by atoms with Crippen LogP contribution in [0.5, 0.6) is 0 Å². The molecule has 0 amide bonds. The number of esters is 1. The number of rotatable bonds is 42. The number of hydrogen-bond donors (Lipinski definition) is 6. The van der Waals surface area contributed by atoms with Crippen molar-refractivity contribution >= 4 is 13.8 Å². The fourth-order valence-electron chi connectivity index (χ4n) is 7.42. The van der Waals surface area contributed by atoms with E-state index in [9.17, 15) is 39.8 Å². The van der Waals surface area contributed by atoms with Crippen molar-refractivity contribution in [2.24, 2.45) is 0 Å². The molecule has 6 N–H and O–H groups in total. The molecule has 12 nitrogen and oxygen atoms in total. The Morgan fingerprint density at radius 2 is 0.889 bits per heavy atom. The number of unbranched alkanes of at least 4 members (excludes halogenated alkanes) is 22. The van der Waals surface area contributed by atoms with Crippen LogP contribution in [0, 0.1) is 0 Å². The first-order valence-electron chi connectivity index (χ1n) is 25.0. The minimum absolute atomic E-state index is 0.0869.